The van der Waals surface area contributed by atoms with Crippen LogP contribution >= 0.6 is 0 Å². The average Bonchev–Trinajstić information content (AvgIpc) is 3.31. The normalized spacial score (nSPS) is 11.2. The first-order valence-corrected chi connectivity index (χ1v) is 11.0. The number of guanidine groups is 1. The molecule has 1 heterocycles. The minimum absolute atomic E-state index is 0.00814. The van der Waals surface area contributed by atoms with Crippen LogP contribution in [0.3, 0.4) is 0 Å². The first-order chi connectivity index (χ1) is 16.0. The number of hydrogen-bond acceptors (Lipinski definition) is 4. The smallest absolute Gasteiger partial charge is 0.253 e. The molecule has 0 bridgehead atoms. The zero-order valence-electron chi connectivity index (χ0n) is 19.7. The summed E-state index contributed by atoms with van der Waals surface area (Å²) in [6, 6.07) is 17.5. The summed E-state index contributed by atoms with van der Waals surface area (Å²) in [6.07, 6.45) is 2.71. The van der Waals surface area contributed by atoms with Gasteiger partial charge in [0, 0.05) is 38.9 Å². The van der Waals surface area contributed by atoms with E-state index >= 15 is 0 Å². The van der Waals surface area contributed by atoms with Crippen molar-refractivity contribution in [2.45, 2.75) is 19.9 Å². The van der Waals surface area contributed by atoms with E-state index < -0.39 is 0 Å². The molecule has 0 aliphatic carbocycles. The van der Waals surface area contributed by atoms with Gasteiger partial charge in [-0.05, 0) is 61.4 Å². The van der Waals surface area contributed by atoms with Gasteiger partial charge in [0.25, 0.3) is 5.91 Å². The predicted molar refractivity (Wildman–Crippen MR) is 131 cm³/mol. The molecule has 0 unspecified atom stereocenters. The summed E-state index contributed by atoms with van der Waals surface area (Å²) in [5.41, 5.74) is 3.64. The van der Waals surface area contributed by atoms with Gasteiger partial charge in [0.05, 0.1) is 25.0 Å². The van der Waals surface area contributed by atoms with E-state index in [0.717, 1.165) is 41.6 Å². The first kappa shape index (κ1) is 23.8. The first-order valence-electron chi connectivity index (χ1n) is 11.0. The lowest BCUT2D eigenvalue weighted by Crippen LogP contribution is -2.38. The van der Waals surface area contributed by atoms with Crippen molar-refractivity contribution in [3.8, 4) is 11.4 Å². The summed E-state index contributed by atoms with van der Waals surface area (Å²) < 4.78 is 7.03. The molecular formula is C25H32N6O2. The fraction of sp³-hybridized carbons (Fsp3) is 0.320. The van der Waals surface area contributed by atoms with Crippen molar-refractivity contribution in [2.75, 3.05) is 34.3 Å². The Bertz CT molecular complexity index is 1070. The molecule has 3 rings (SSSR count). The van der Waals surface area contributed by atoms with Gasteiger partial charge in [-0.25, -0.2) is 9.67 Å². The molecule has 2 aromatic carbocycles. The molecule has 0 saturated heterocycles. The lowest BCUT2D eigenvalue weighted by atomic mass is 10.1. The van der Waals surface area contributed by atoms with Crippen LogP contribution in [0.15, 0.2) is 65.8 Å². The number of carbonyl (C=O) groups is 1. The Hall–Kier alpha value is -3.81. The highest BCUT2D eigenvalue weighted by Gasteiger charge is 2.08. The van der Waals surface area contributed by atoms with Gasteiger partial charge in [-0.15, -0.1) is 0 Å². The predicted octanol–water partition coefficient (Wildman–Crippen LogP) is 2.88. The second-order valence-electron chi connectivity index (χ2n) is 7.72. The van der Waals surface area contributed by atoms with Gasteiger partial charge in [-0.2, -0.15) is 5.10 Å². The molecule has 174 valence electrons. The van der Waals surface area contributed by atoms with Crippen LogP contribution < -0.4 is 15.4 Å². The van der Waals surface area contributed by atoms with Gasteiger partial charge in [0.1, 0.15) is 5.75 Å². The molecule has 8 nitrogen and oxygen atoms in total. The van der Waals surface area contributed by atoms with Crippen LogP contribution in [0.5, 0.6) is 5.75 Å². The van der Waals surface area contributed by atoms with E-state index in [9.17, 15) is 4.79 Å². The fourth-order valence-electron chi connectivity index (χ4n) is 3.27. The van der Waals surface area contributed by atoms with Gasteiger partial charge < -0.3 is 20.3 Å². The fourth-order valence-corrected chi connectivity index (χ4v) is 3.27. The summed E-state index contributed by atoms with van der Waals surface area (Å²) >= 11 is 0. The number of hydrogen-bond donors (Lipinski definition) is 2. The number of methoxy groups -OCH3 is 1. The van der Waals surface area contributed by atoms with Crippen molar-refractivity contribution in [1.82, 2.24) is 25.3 Å². The number of aliphatic imine (C=N–C) groups is 1. The molecule has 3 aromatic rings. The third-order valence-electron chi connectivity index (χ3n) is 5.01. The van der Waals surface area contributed by atoms with Crippen LogP contribution in [0.2, 0.25) is 0 Å². The van der Waals surface area contributed by atoms with Crippen molar-refractivity contribution in [3.05, 3.63) is 77.6 Å². The molecule has 1 amide bonds. The molecule has 0 spiro atoms. The molecule has 0 fully saturated rings. The van der Waals surface area contributed by atoms with E-state index in [1.54, 1.807) is 26.1 Å². The maximum absolute atomic E-state index is 12.2. The number of benzene rings is 2. The number of carbonyl (C=O) groups excluding carboxylic acids is 1. The highest BCUT2D eigenvalue weighted by atomic mass is 16.5. The second-order valence-corrected chi connectivity index (χ2v) is 7.72. The van der Waals surface area contributed by atoms with Crippen LogP contribution in [0.4, 0.5) is 0 Å². The van der Waals surface area contributed by atoms with Crippen molar-refractivity contribution in [3.63, 3.8) is 0 Å². The van der Waals surface area contributed by atoms with Crippen LogP contribution in [0, 0.1) is 0 Å². The Labute approximate surface area is 195 Å². The Morgan fingerprint density at radius 2 is 1.91 bits per heavy atom. The lowest BCUT2D eigenvalue weighted by Gasteiger charge is -2.13. The van der Waals surface area contributed by atoms with Crippen LogP contribution in [-0.4, -0.2) is 60.8 Å². The molecular weight excluding hydrogens is 416 g/mol. The summed E-state index contributed by atoms with van der Waals surface area (Å²) in [6.45, 7) is 3.96. The maximum atomic E-state index is 12.2. The number of ether oxygens (including phenoxy) is 1. The third-order valence-corrected chi connectivity index (χ3v) is 5.01. The van der Waals surface area contributed by atoms with E-state index in [4.69, 9.17) is 4.74 Å². The number of amides is 1. The van der Waals surface area contributed by atoms with Crippen LogP contribution in [0.25, 0.3) is 5.69 Å². The standard InChI is InChI=1S/C25H32N6O2/c1-5-26-25(27-15-13-19-7-6-8-20(17-19)24(32)30(2)3)28-18-21-14-16-31(29-21)22-9-11-23(33-4)12-10-22/h6-12,14,16-17H,5,13,15,18H2,1-4H3,(H2,26,27,28). The van der Waals surface area contributed by atoms with E-state index in [1.807, 2.05) is 72.4 Å². The Morgan fingerprint density at radius 3 is 2.61 bits per heavy atom. The van der Waals surface area contributed by atoms with Crippen molar-refractivity contribution < 1.29 is 9.53 Å². The Balaban J connectivity index is 1.57. The topological polar surface area (TPSA) is 83.8 Å². The van der Waals surface area contributed by atoms with Gasteiger partial charge in [0.2, 0.25) is 0 Å². The zero-order valence-corrected chi connectivity index (χ0v) is 19.7. The van der Waals surface area contributed by atoms with E-state index in [-0.39, 0.29) is 5.91 Å². The molecule has 1 aromatic heterocycles. The highest BCUT2D eigenvalue weighted by molar-refractivity contribution is 5.94. The largest absolute Gasteiger partial charge is 0.497 e. The number of rotatable bonds is 9. The summed E-state index contributed by atoms with van der Waals surface area (Å²) in [5, 5.41) is 11.2. The summed E-state index contributed by atoms with van der Waals surface area (Å²) in [5.74, 6) is 1.55. The molecule has 8 heteroatoms. The highest BCUT2D eigenvalue weighted by Crippen LogP contribution is 2.14. The zero-order chi connectivity index (χ0) is 23.6. The van der Waals surface area contributed by atoms with E-state index in [2.05, 4.69) is 20.7 Å². The number of nitrogens with zero attached hydrogens (tertiary/aromatic N) is 4. The van der Waals surface area contributed by atoms with Gasteiger partial charge in [0.15, 0.2) is 5.96 Å². The van der Waals surface area contributed by atoms with Crippen LogP contribution in [0.1, 0.15) is 28.5 Å². The van der Waals surface area contributed by atoms with Gasteiger partial charge in [-0.3, -0.25) is 4.79 Å². The molecule has 0 aliphatic rings. The average molecular weight is 449 g/mol. The van der Waals surface area contributed by atoms with Gasteiger partial charge >= 0.3 is 0 Å². The molecule has 0 atom stereocenters. The summed E-state index contributed by atoms with van der Waals surface area (Å²) in [4.78, 5) is 18.4. The Kier molecular flexibility index (Phi) is 8.46. The lowest BCUT2D eigenvalue weighted by molar-refractivity contribution is 0.0827. The molecule has 2 N–H and O–H groups in total. The van der Waals surface area contributed by atoms with Crippen molar-refractivity contribution in [1.29, 1.82) is 0 Å². The van der Waals surface area contributed by atoms with Crippen LogP contribution in [-0.2, 0) is 13.0 Å². The SMILES string of the molecule is CCNC(=NCc1ccn(-c2ccc(OC)cc2)n1)NCCc1cccc(C(=O)N(C)C)c1. The van der Waals surface area contributed by atoms with E-state index in [0.29, 0.717) is 18.7 Å². The van der Waals surface area contributed by atoms with Crippen molar-refractivity contribution >= 4 is 11.9 Å². The minimum atomic E-state index is 0.00814. The molecule has 33 heavy (non-hydrogen) atoms. The maximum Gasteiger partial charge on any atom is 0.253 e. The molecule has 0 radical (unpaired) electrons. The molecule has 0 aliphatic heterocycles. The van der Waals surface area contributed by atoms with Gasteiger partial charge in [-0.1, -0.05) is 12.1 Å². The monoisotopic (exact) mass is 448 g/mol. The summed E-state index contributed by atoms with van der Waals surface area (Å²) in [7, 11) is 5.17. The minimum Gasteiger partial charge on any atom is -0.497 e. The molecule has 0 saturated carbocycles. The number of nitrogens with one attached hydrogen (secondary N) is 2. The third kappa shape index (κ3) is 6.83. The number of aromatic nitrogens is 2. The van der Waals surface area contributed by atoms with E-state index in [1.165, 1.54) is 0 Å². The van der Waals surface area contributed by atoms with Crippen molar-refractivity contribution in [2.24, 2.45) is 4.99 Å². The Morgan fingerprint density at radius 1 is 1.12 bits per heavy atom. The second kappa shape index (κ2) is 11.7. The quantitative estimate of drug-likeness (QED) is 0.389.